The van der Waals surface area contributed by atoms with Gasteiger partial charge in [0.15, 0.2) is 0 Å². The first kappa shape index (κ1) is 17.2. The normalized spacial score (nSPS) is 12.5. The van der Waals surface area contributed by atoms with Gasteiger partial charge in [0.25, 0.3) is 0 Å². The number of benzene rings is 1. The molecule has 4 nitrogen and oxygen atoms in total. The predicted octanol–water partition coefficient (Wildman–Crippen LogP) is 3.53. The maximum atomic E-state index is 11.5. The molecule has 0 aliphatic rings. The van der Waals surface area contributed by atoms with Gasteiger partial charge in [-0.15, -0.1) is 0 Å². The van der Waals surface area contributed by atoms with Crippen molar-refractivity contribution in [3.63, 3.8) is 0 Å². The van der Waals surface area contributed by atoms with Crippen molar-refractivity contribution in [1.82, 2.24) is 0 Å². The topological polar surface area (TPSA) is 74.6 Å². The van der Waals surface area contributed by atoms with Crippen LogP contribution in [0, 0.1) is 0 Å². The van der Waals surface area contributed by atoms with Gasteiger partial charge in [-0.1, -0.05) is 32.0 Å². The summed E-state index contributed by atoms with van der Waals surface area (Å²) in [6.07, 6.45) is 0. The molecule has 2 N–H and O–H groups in total. The Morgan fingerprint density at radius 3 is 1.43 bits per heavy atom. The van der Waals surface area contributed by atoms with Gasteiger partial charge < -0.3 is 10.2 Å². The van der Waals surface area contributed by atoms with Gasteiger partial charge >= 0.3 is 11.9 Å². The summed E-state index contributed by atoms with van der Waals surface area (Å²) in [7, 11) is 0. The zero-order chi connectivity index (χ0) is 16.6. The smallest absolute Gasteiger partial charge is 0.313 e. The molecule has 0 aromatic heterocycles. The molecule has 1 aromatic carbocycles. The molecule has 0 amide bonds. The van der Waals surface area contributed by atoms with Crippen molar-refractivity contribution < 1.29 is 19.8 Å². The number of hydrogen-bond donors (Lipinski definition) is 2. The molecule has 0 aliphatic heterocycles. The lowest BCUT2D eigenvalue weighted by Crippen LogP contribution is -2.32. The van der Waals surface area contributed by atoms with Crippen molar-refractivity contribution in [2.24, 2.45) is 0 Å². The molecule has 21 heavy (non-hydrogen) atoms. The maximum absolute atomic E-state index is 11.5. The molecule has 0 fully saturated rings. The molecule has 0 bridgehead atoms. The zero-order valence-electron chi connectivity index (χ0n) is 13.5. The Labute approximate surface area is 125 Å². The molecular weight excluding hydrogens is 268 g/mol. The summed E-state index contributed by atoms with van der Waals surface area (Å²) in [5.41, 5.74) is 0.0878. The summed E-state index contributed by atoms with van der Waals surface area (Å²) in [6, 6.07) is 5.43. The predicted molar refractivity (Wildman–Crippen MR) is 81.9 cm³/mol. The van der Waals surface area contributed by atoms with Crippen LogP contribution >= 0.6 is 0 Å². The van der Waals surface area contributed by atoms with Gasteiger partial charge in [-0.05, 0) is 50.3 Å². The van der Waals surface area contributed by atoms with Crippen LogP contribution in [-0.4, -0.2) is 22.2 Å². The highest BCUT2D eigenvalue weighted by Crippen LogP contribution is 2.33. The van der Waals surface area contributed by atoms with Crippen molar-refractivity contribution >= 4 is 11.9 Å². The molecule has 0 heterocycles. The van der Waals surface area contributed by atoms with Crippen molar-refractivity contribution in [2.45, 2.75) is 58.3 Å². The lowest BCUT2D eigenvalue weighted by atomic mass is 9.77. The van der Waals surface area contributed by atoms with E-state index in [9.17, 15) is 19.8 Å². The van der Waals surface area contributed by atoms with E-state index >= 15 is 0 Å². The molecule has 0 saturated carbocycles. The van der Waals surface area contributed by atoms with Crippen LogP contribution in [0.3, 0.4) is 0 Å². The Morgan fingerprint density at radius 2 is 1.19 bits per heavy atom. The van der Waals surface area contributed by atoms with Gasteiger partial charge in [0.05, 0.1) is 10.8 Å². The van der Waals surface area contributed by atoms with Crippen LogP contribution in [0.25, 0.3) is 0 Å². The Hall–Kier alpha value is -1.84. The van der Waals surface area contributed by atoms with Crippen LogP contribution in [0.5, 0.6) is 0 Å². The Bertz CT molecular complexity index is 524. The van der Waals surface area contributed by atoms with Gasteiger partial charge in [0.2, 0.25) is 0 Å². The highest BCUT2D eigenvalue weighted by molar-refractivity contribution is 5.82. The number of rotatable bonds is 5. The largest absolute Gasteiger partial charge is 0.481 e. The van der Waals surface area contributed by atoms with E-state index in [0.717, 1.165) is 5.56 Å². The van der Waals surface area contributed by atoms with Gasteiger partial charge in [-0.2, -0.15) is 0 Å². The first-order valence-electron chi connectivity index (χ1n) is 7.03. The summed E-state index contributed by atoms with van der Waals surface area (Å²) < 4.78 is 0. The molecule has 0 saturated heterocycles. The monoisotopic (exact) mass is 292 g/mol. The Kier molecular flexibility index (Phi) is 4.51. The number of carbonyl (C=O) groups is 2. The van der Waals surface area contributed by atoms with Crippen molar-refractivity contribution in [3.05, 3.63) is 34.9 Å². The third kappa shape index (κ3) is 3.26. The molecule has 0 atom stereocenters. The Morgan fingerprint density at radius 1 is 0.857 bits per heavy atom. The molecular formula is C17H24O4. The molecule has 1 rings (SSSR count). The van der Waals surface area contributed by atoms with Crippen LogP contribution in [0.2, 0.25) is 0 Å². The van der Waals surface area contributed by atoms with Gasteiger partial charge in [0.1, 0.15) is 0 Å². The first-order chi connectivity index (χ1) is 9.40. The van der Waals surface area contributed by atoms with Crippen LogP contribution in [0.1, 0.15) is 64.2 Å². The maximum Gasteiger partial charge on any atom is 0.313 e. The minimum atomic E-state index is -1.06. The third-order valence-corrected chi connectivity index (χ3v) is 4.13. The minimum absolute atomic E-state index is 0.192. The van der Waals surface area contributed by atoms with Gasteiger partial charge in [-0.25, -0.2) is 0 Å². The number of carboxylic acid groups (broad SMARTS) is 2. The minimum Gasteiger partial charge on any atom is -0.481 e. The average molecular weight is 292 g/mol. The van der Waals surface area contributed by atoms with Gasteiger partial charge in [0, 0.05) is 0 Å². The van der Waals surface area contributed by atoms with E-state index < -0.39 is 22.8 Å². The second-order valence-corrected chi connectivity index (χ2v) is 6.86. The second kappa shape index (κ2) is 5.51. The van der Waals surface area contributed by atoms with Crippen LogP contribution in [0.4, 0.5) is 0 Å². The average Bonchev–Trinajstić information content (AvgIpc) is 2.37. The molecule has 1 aromatic rings. The van der Waals surface area contributed by atoms with E-state index in [1.54, 1.807) is 33.8 Å². The first-order valence-corrected chi connectivity index (χ1v) is 7.03. The molecule has 0 spiro atoms. The highest BCUT2D eigenvalue weighted by atomic mass is 16.4. The number of carboxylic acids is 2. The molecule has 116 valence electrons. The second-order valence-electron chi connectivity index (χ2n) is 6.86. The molecule has 0 unspecified atom stereocenters. The standard InChI is InChI=1S/C17H24O4/c1-10(2)11-7-12(16(3,4)14(18)19)9-13(8-11)17(5,6)15(20)21/h7-10H,1-6H3,(H,18,19)(H,20,21). The summed E-state index contributed by atoms with van der Waals surface area (Å²) >= 11 is 0. The lowest BCUT2D eigenvalue weighted by molar-refractivity contribution is -0.143. The fourth-order valence-electron chi connectivity index (χ4n) is 1.95. The summed E-state index contributed by atoms with van der Waals surface area (Å²) in [5, 5.41) is 18.8. The summed E-state index contributed by atoms with van der Waals surface area (Å²) in [5.74, 6) is -1.66. The molecule has 4 heteroatoms. The van der Waals surface area contributed by atoms with Crippen LogP contribution in [0.15, 0.2) is 18.2 Å². The fourth-order valence-corrected chi connectivity index (χ4v) is 1.95. The lowest BCUT2D eigenvalue weighted by Gasteiger charge is -2.27. The zero-order valence-corrected chi connectivity index (χ0v) is 13.5. The fraction of sp³-hybridized carbons (Fsp3) is 0.529. The van der Waals surface area contributed by atoms with Gasteiger partial charge in [-0.3, -0.25) is 9.59 Å². The SMILES string of the molecule is CC(C)c1cc(C(C)(C)C(=O)O)cc(C(C)(C)C(=O)O)c1. The van der Waals surface area contributed by atoms with Crippen LogP contribution < -0.4 is 0 Å². The van der Waals surface area contributed by atoms with E-state index in [1.165, 1.54) is 0 Å². The van der Waals surface area contributed by atoms with E-state index in [2.05, 4.69) is 0 Å². The van der Waals surface area contributed by atoms with Crippen molar-refractivity contribution in [3.8, 4) is 0 Å². The van der Waals surface area contributed by atoms with E-state index in [4.69, 9.17) is 0 Å². The quantitative estimate of drug-likeness (QED) is 0.870. The highest BCUT2D eigenvalue weighted by Gasteiger charge is 2.34. The van der Waals surface area contributed by atoms with E-state index in [-0.39, 0.29) is 5.92 Å². The number of hydrogen-bond acceptors (Lipinski definition) is 2. The van der Waals surface area contributed by atoms with Crippen molar-refractivity contribution in [1.29, 1.82) is 0 Å². The van der Waals surface area contributed by atoms with E-state index in [1.807, 2.05) is 26.0 Å². The Balaban J connectivity index is 3.59. The third-order valence-electron chi connectivity index (χ3n) is 4.13. The van der Waals surface area contributed by atoms with E-state index in [0.29, 0.717) is 11.1 Å². The van der Waals surface area contributed by atoms with Crippen molar-refractivity contribution in [2.75, 3.05) is 0 Å². The summed E-state index contributed by atoms with van der Waals surface area (Å²) in [6.45, 7) is 10.5. The van der Waals surface area contributed by atoms with Crippen LogP contribution in [-0.2, 0) is 20.4 Å². The number of aliphatic carboxylic acids is 2. The molecule has 0 aliphatic carbocycles. The summed E-state index contributed by atoms with van der Waals surface area (Å²) in [4.78, 5) is 23.0. The molecule has 0 radical (unpaired) electrons.